The van der Waals surface area contributed by atoms with E-state index in [2.05, 4.69) is 16.0 Å². The molecule has 29 heavy (non-hydrogen) atoms. The minimum Gasteiger partial charge on any atom is -0.480 e. The number of amides is 3. The van der Waals surface area contributed by atoms with Crippen LogP contribution in [0.5, 0.6) is 0 Å². The summed E-state index contributed by atoms with van der Waals surface area (Å²) in [6, 6.07) is -4.20. The third-order valence-electron chi connectivity index (χ3n) is 4.09. The van der Waals surface area contributed by atoms with Crippen molar-refractivity contribution < 1.29 is 29.4 Å². The fraction of sp³-hybridized carbons (Fsp3) is 0.765. The Bertz CT molecular complexity index is 550. The lowest BCUT2D eigenvalue weighted by molar-refractivity contribution is -0.142. The fourth-order valence-corrected chi connectivity index (χ4v) is 2.76. The molecule has 168 valence electrons. The lowest BCUT2D eigenvalue weighted by Gasteiger charge is -2.23. The maximum absolute atomic E-state index is 12.6. The lowest BCUT2D eigenvalue weighted by Crippen LogP contribution is -2.56. The van der Waals surface area contributed by atoms with Gasteiger partial charge in [0.05, 0.1) is 6.61 Å². The van der Waals surface area contributed by atoms with Crippen molar-refractivity contribution >= 4 is 35.5 Å². The van der Waals surface area contributed by atoms with E-state index in [0.717, 1.165) is 0 Å². The molecular weight excluding hydrogens is 402 g/mol. The molecule has 0 rings (SSSR count). The number of hydrogen-bond acceptors (Lipinski definition) is 8. The quantitative estimate of drug-likeness (QED) is 0.139. The molecule has 0 aliphatic carbocycles. The van der Waals surface area contributed by atoms with Gasteiger partial charge in [-0.2, -0.15) is 11.8 Å². The SMILES string of the molecule is CSCCC(NC(=O)C(C)NC(=O)C(N)CO)C(=O)NC(CCCCN)C(=O)O. The molecule has 0 saturated heterocycles. The summed E-state index contributed by atoms with van der Waals surface area (Å²) in [4.78, 5) is 48.0. The highest BCUT2D eigenvalue weighted by Gasteiger charge is 2.28. The van der Waals surface area contributed by atoms with E-state index < -0.39 is 54.5 Å². The van der Waals surface area contributed by atoms with Gasteiger partial charge in [-0.05, 0) is 51.2 Å². The number of thioether (sulfide) groups is 1. The largest absolute Gasteiger partial charge is 0.480 e. The third kappa shape index (κ3) is 11.0. The first-order chi connectivity index (χ1) is 13.7. The van der Waals surface area contributed by atoms with E-state index in [4.69, 9.17) is 16.6 Å². The summed E-state index contributed by atoms with van der Waals surface area (Å²) in [6.45, 7) is 1.27. The first kappa shape index (κ1) is 27.1. The van der Waals surface area contributed by atoms with Crippen LogP contribution < -0.4 is 27.4 Å². The van der Waals surface area contributed by atoms with E-state index in [1.807, 2.05) is 6.26 Å². The Labute approximate surface area is 174 Å². The van der Waals surface area contributed by atoms with Gasteiger partial charge in [0.1, 0.15) is 24.2 Å². The zero-order valence-corrected chi connectivity index (χ0v) is 17.7. The van der Waals surface area contributed by atoms with Gasteiger partial charge < -0.3 is 37.6 Å². The van der Waals surface area contributed by atoms with Crippen LogP contribution in [0.3, 0.4) is 0 Å². The van der Waals surface area contributed by atoms with Gasteiger partial charge in [-0.15, -0.1) is 0 Å². The van der Waals surface area contributed by atoms with Gasteiger partial charge in [-0.3, -0.25) is 14.4 Å². The molecule has 0 aromatic carbocycles. The molecule has 0 aliphatic heterocycles. The van der Waals surface area contributed by atoms with Crippen molar-refractivity contribution in [2.24, 2.45) is 11.5 Å². The van der Waals surface area contributed by atoms with Gasteiger partial charge in [-0.25, -0.2) is 4.79 Å². The van der Waals surface area contributed by atoms with Crippen LogP contribution in [0.15, 0.2) is 0 Å². The predicted octanol–water partition coefficient (Wildman–Crippen LogP) is -2.25. The summed E-state index contributed by atoms with van der Waals surface area (Å²) in [5, 5.41) is 25.5. The molecule has 0 fully saturated rings. The number of nitrogens with two attached hydrogens (primary N) is 2. The molecule has 4 atom stereocenters. The van der Waals surface area contributed by atoms with Crippen molar-refractivity contribution in [1.29, 1.82) is 0 Å². The zero-order valence-electron chi connectivity index (χ0n) is 16.8. The van der Waals surface area contributed by atoms with Crippen molar-refractivity contribution in [2.45, 2.75) is 56.8 Å². The molecular formula is C17H33N5O6S. The summed E-state index contributed by atoms with van der Waals surface area (Å²) < 4.78 is 0. The molecule has 11 nitrogen and oxygen atoms in total. The number of aliphatic hydroxyl groups is 1. The highest BCUT2D eigenvalue weighted by molar-refractivity contribution is 7.98. The molecule has 0 aromatic rings. The minimum atomic E-state index is -1.16. The van der Waals surface area contributed by atoms with Crippen LogP contribution in [0.25, 0.3) is 0 Å². The number of aliphatic carboxylic acids is 1. The summed E-state index contributed by atoms with van der Waals surface area (Å²) >= 11 is 1.47. The molecule has 0 radical (unpaired) electrons. The molecule has 4 unspecified atom stereocenters. The monoisotopic (exact) mass is 435 g/mol. The van der Waals surface area contributed by atoms with Crippen molar-refractivity contribution in [2.75, 3.05) is 25.2 Å². The summed E-state index contributed by atoms with van der Waals surface area (Å²) in [5.74, 6) is -2.55. The van der Waals surface area contributed by atoms with Gasteiger partial charge in [0.25, 0.3) is 0 Å². The number of aliphatic hydroxyl groups excluding tert-OH is 1. The average Bonchev–Trinajstić information content (AvgIpc) is 2.68. The molecule has 0 bridgehead atoms. The molecule has 0 aromatic heterocycles. The molecule has 0 aliphatic rings. The molecule has 0 saturated carbocycles. The Morgan fingerprint density at radius 2 is 1.59 bits per heavy atom. The van der Waals surface area contributed by atoms with Crippen LogP contribution in [0.1, 0.15) is 32.6 Å². The van der Waals surface area contributed by atoms with Crippen LogP contribution >= 0.6 is 11.8 Å². The highest BCUT2D eigenvalue weighted by atomic mass is 32.2. The Morgan fingerprint density at radius 1 is 0.966 bits per heavy atom. The number of hydrogen-bond donors (Lipinski definition) is 7. The van der Waals surface area contributed by atoms with E-state index in [9.17, 15) is 24.3 Å². The Kier molecular flexibility index (Phi) is 14.0. The summed E-state index contributed by atoms with van der Waals surface area (Å²) in [6.07, 6.45) is 3.53. The molecule has 0 heterocycles. The van der Waals surface area contributed by atoms with Gasteiger partial charge in [-0.1, -0.05) is 0 Å². The molecule has 3 amide bonds. The van der Waals surface area contributed by atoms with Crippen molar-refractivity contribution in [3.8, 4) is 0 Å². The van der Waals surface area contributed by atoms with Crippen molar-refractivity contribution in [3.05, 3.63) is 0 Å². The number of carboxylic acids is 1. The third-order valence-corrected chi connectivity index (χ3v) is 4.73. The first-order valence-corrected chi connectivity index (χ1v) is 10.8. The maximum atomic E-state index is 12.6. The molecule has 0 spiro atoms. The van der Waals surface area contributed by atoms with E-state index in [-0.39, 0.29) is 12.8 Å². The maximum Gasteiger partial charge on any atom is 0.326 e. The van der Waals surface area contributed by atoms with Crippen LogP contribution in [0, 0.1) is 0 Å². The van der Waals surface area contributed by atoms with Gasteiger partial charge in [0.15, 0.2) is 0 Å². The number of rotatable bonds is 15. The van der Waals surface area contributed by atoms with Crippen molar-refractivity contribution in [3.63, 3.8) is 0 Å². The number of nitrogens with one attached hydrogen (secondary N) is 3. The van der Waals surface area contributed by atoms with E-state index in [1.54, 1.807) is 0 Å². The topological polar surface area (TPSA) is 197 Å². The second-order valence-electron chi connectivity index (χ2n) is 6.55. The Balaban J connectivity index is 4.98. The average molecular weight is 436 g/mol. The number of unbranched alkanes of at least 4 members (excludes halogenated alkanes) is 1. The Hall–Kier alpha value is -1.89. The second-order valence-corrected chi connectivity index (χ2v) is 7.53. The van der Waals surface area contributed by atoms with E-state index in [0.29, 0.717) is 25.1 Å². The second kappa shape index (κ2) is 15.0. The van der Waals surface area contributed by atoms with E-state index >= 15 is 0 Å². The zero-order chi connectivity index (χ0) is 22.4. The number of carboxylic acid groups (broad SMARTS) is 1. The minimum absolute atomic E-state index is 0.229. The standard InChI is InChI=1S/C17H33N5O6S/c1-10(20-15(25)11(19)9-23)14(24)21-12(6-8-29-2)16(26)22-13(17(27)28)5-3-4-7-18/h10-13,23H,3-9,18-19H2,1-2H3,(H,20,25)(H,21,24)(H,22,26)(H,27,28). The van der Waals surface area contributed by atoms with Crippen LogP contribution in [0.4, 0.5) is 0 Å². The predicted molar refractivity (Wildman–Crippen MR) is 110 cm³/mol. The first-order valence-electron chi connectivity index (χ1n) is 9.37. The molecule has 9 N–H and O–H groups in total. The van der Waals surface area contributed by atoms with Crippen LogP contribution in [0.2, 0.25) is 0 Å². The smallest absolute Gasteiger partial charge is 0.326 e. The Morgan fingerprint density at radius 3 is 2.10 bits per heavy atom. The van der Waals surface area contributed by atoms with Crippen LogP contribution in [-0.4, -0.2) is 83.2 Å². The highest BCUT2D eigenvalue weighted by Crippen LogP contribution is 2.05. The van der Waals surface area contributed by atoms with Gasteiger partial charge in [0.2, 0.25) is 17.7 Å². The summed E-state index contributed by atoms with van der Waals surface area (Å²) in [7, 11) is 0. The number of carbonyl (C=O) groups is 4. The fourth-order valence-electron chi connectivity index (χ4n) is 2.29. The number of carbonyl (C=O) groups excluding carboxylic acids is 3. The lowest BCUT2D eigenvalue weighted by atomic mass is 10.1. The van der Waals surface area contributed by atoms with Gasteiger partial charge >= 0.3 is 5.97 Å². The normalized spacial score (nSPS) is 14.9. The van der Waals surface area contributed by atoms with E-state index in [1.165, 1.54) is 18.7 Å². The van der Waals surface area contributed by atoms with Crippen molar-refractivity contribution in [1.82, 2.24) is 16.0 Å². The summed E-state index contributed by atoms with van der Waals surface area (Å²) in [5.41, 5.74) is 10.8. The van der Waals surface area contributed by atoms with Crippen LogP contribution in [-0.2, 0) is 19.2 Å². The van der Waals surface area contributed by atoms with Gasteiger partial charge in [0, 0.05) is 0 Å². The molecule has 12 heteroatoms.